The first-order valence-corrected chi connectivity index (χ1v) is 30.4. The third kappa shape index (κ3) is 53.8. The van der Waals surface area contributed by atoms with Gasteiger partial charge in [0.15, 0.2) is 0 Å². The van der Waals surface area contributed by atoms with Crippen molar-refractivity contribution in [2.75, 3.05) is 13.2 Å². The Labute approximate surface area is 419 Å². The fraction of sp³-hybridized carbons (Fsp3) is 0.934. The van der Waals surface area contributed by atoms with Gasteiger partial charge < -0.3 is 20.3 Å². The summed E-state index contributed by atoms with van der Waals surface area (Å²) in [6.45, 7) is 4.93. The van der Waals surface area contributed by atoms with Crippen LogP contribution in [-0.4, -0.2) is 47.4 Å². The van der Waals surface area contributed by atoms with E-state index in [0.717, 1.165) is 77.0 Å². The molecule has 3 N–H and O–H groups in total. The molecule has 0 aromatic carbocycles. The van der Waals surface area contributed by atoms with Gasteiger partial charge in [-0.3, -0.25) is 9.59 Å². The highest BCUT2D eigenvalue weighted by Gasteiger charge is 2.20. The minimum Gasteiger partial charge on any atom is -0.466 e. The first kappa shape index (κ1) is 65.6. The van der Waals surface area contributed by atoms with Gasteiger partial charge in [-0.25, -0.2) is 0 Å². The van der Waals surface area contributed by atoms with Crippen LogP contribution in [0.5, 0.6) is 0 Å². The van der Waals surface area contributed by atoms with E-state index in [1.165, 1.54) is 231 Å². The Bertz CT molecular complexity index is 1000. The zero-order chi connectivity index (χ0) is 48.6. The number of amides is 1. The van der Waals surface area contributed by atoms with E-state index in [0.29, 0.717) is 25.9 Å². The second-order valence-corrected chi connectivity index (χ2v) is 21.0. The minimum atomic E-state index is -0.681. The van der Waals surface area contributed by atoms with Crippen LogP contribution < -0.4 is 5.32 Å². The summed E-state index contributed by atoms with van der Waals surface area (Å²) < 4.78 is 5.46. The number of nitrogens with one attached hydrogen (secondary N) is 1. The van der Waals surface area contributed by atoms with E-state index in [2.05, 4.69) is 31.3 Å². The van der Waals surface area contributed by atoms with Gasteiger partial charge in [0.1, 0.15) is 0 Å². The van der Waals surface area contributed by atoms with Gasteiger partial charge in [-0.15, -0.1) is 0 Å². The highest BCUT2D eigenvalue weighted by Crippen LogP contribution is 2.18. The Morgan fingerprint density at radius 3 is 1.06 bits per heavy atom. The Morgan fingerprint density at radius 1 is 0.403 bits per heavy atom. The van der Waals surface area contributed by atoms with Gasteiger partial charge in [-0.1, -0.05) is 283 Å². The number of allylic oxidation sites excluding steroid dienone is 2. The molecular formula is C61H119NO5. The molecule has 0 aliphatic rings. The molecular weight excluding hydrogens is 827 g/mol. The molecule has 0 aliphatic heterocycles. The second kappa shape index (κ2) is 57.2. The first-order valence-electron chi connectivity index (χ1n) is 30.4. The van der Waals surface area contributed by atoms with Gasteiger partial charge in [0, 0.05) is 12.8 Å². The van der Waals surface area contributed by atoms with Crippen LogP contribution >= 0.6 is 0 Å². The summed E-state index contributed by atoms with van der Waals surface area (Å²) >= 11 is 0. The normalized spacial score (nSPS) is 12.6. The van der Waals surface area contributed by atoms with Gasteiger partial charge in [0.2, 0.25) is 5.91 Å². The number of carbonyl (C=O) groups is 2. The van der Waals surface area contributed by atoms with Crippen molar-refractivity contribution in [1.82, 2.24) is 5.32 Å². The van der Waals surface area contributed by atoms with Crippen LogP contribution in [0.4, 0.5) is 0 Å². The first-order chi connectivity index (χ1) is 33.0. The summed E-state index contributed by atoms with van der Waals surface area (Å²) in [4.78, 5) is 24.6. The molecule has 6 heteroatoms. The average Bonchev–Trinajstić information content (AvgIpc) is 3.33. The smallest absolute Gasteiger partial charge is 0.305 e. The third-order valence-corrected chi connectivity index (χ3v) is 14.3. The SMILES string of the molecule is CCCCCCCCCCCCCCCCCCCCCCCCC(O)C(CO)NC(=O)CCCCCCC/C=C\CCCCCOC(=O)CCCCCCCCCCCCCCCCCC. The van der Waals surface area contributed by atoms with Crippen molar-refractivity contribution in [2.45, 2.75) is 353 Å². The molecule has 0 rings (SSSR count). The number of hydrogen-bond donors (Lipinski definition) is 3. The van der Waals surface area contributed by atoms with E-state index in [4.69, 9.17) is 4.74 Å². The molecule has 0 aliphatic carbocycles. The quantitative estimate of drug-likeness (QED) is 0.0321. The number of ether oxygens (including phenoxy) is 1. The fourth-order valence-corrected chi connectivity index (χ4v) is 9.64. The Kier molecular flexibility index (Phi) is 56.0. The molecule has 0 spiro atoms. The molecule has 0 aromatic rings. The molecule has 0 fully saturated rings. The summed E-state index contributed by atoms with van der Waals surface area (Å²) in [7, 11) is 0. The summed E-state index contributed by atoms with van der Waals surface area (Å²) in [5.74, 6) is -0.0747. The van der Waals surface area contributed by atoms with Crippen LogP contribution in [0.1, 0.15) is 341 Å². The lowest BCUT2D eigenvalue weighted by atomic mass is 10.0. The summed E-state index contributed by atoms with van der Waals surface area (Å²) in [5, 5.41) is 23.3. The van der Waals surface area contributed by atoms with Gasteiger partial charge in [-0.2, -0.15) is 0 Å². The maximum absolute atomic E-state index is 12.5. The fourth-order valence-electron chi connectivity index (χ4n) is 9.64. The molecule has 0 saturated heterocycles. The van der Waals surface area contributed by atoms with Crippen molar-refractivity contribution < 1.29 is 24.5 Å². The molecule has 0 heterocycles. The lowest BCUT2D eigenvalue weighted by molar-refractivity contribution is -0.143. The van der Waals surface area contributed by atoms with Gasteiger partial charge >= 0.3 is 5.97 Å². The number of carbonyl (C=O) groups excluding carboxylic acids is 2. The van der Waals surface area contributed by atoms with Crippen LogP contribution in [0.3, 0.4) is 0 Å². The van der Waals surface area contributed by atoms with Crippen molar-refractivity contribution in [3.63, 3.8) is 0 Å². The predicted molar refractivity (Wildman–Crippen MR) is 292 cm³/mol. The highest BCUT2D eigenvalue weighted by molar-refractivity contribution is 5.76. The molecule has 0 bridgehead atoms. The van der Waals surface area contributed by atoms with Crippen LogP contribution in [0.2, 0.25) is 0 Å². The van der Waals surface area contributed by atoms with Crippen molar-refractivity contribution in [3.8, 4) is 0 Å². The molecule has 67 heavy (non-hydrogen) atoms. The maximum Gasteiger partial charge on any atom is 0.305 e. The van der Waals surface area contributed by atoms with Crippen molar-refractivity contribution in [1.29, 1.82) is 0 Å². The topological polar surface area (TPSA) is 95.9 Å². The molecule has 0 aromatic heterocycles. The monoisotopic (exact) mass is 946 g/mol. The van der Waals surface area contributed by atoms with Crippen molar-refractivity contribution in [2.24, 2.45) is 0 Å². The zero-order valence-electron chi connectivity index (χ0n) is 45.4. The Hall–Kier alpha value is -1.40. The average molecular weight is 947 g/mol. The van der Waals surface area contributed by atoms with Crippen molar-refractivity contribution >= 4 is 11.9 Å². The van der Waals surface area contributed by atoms with Crippen LogP contribution in [0.15, 0.2) is 12.2 Å². The molecule has 6 nitrogen and oxygen atoms in total. The molecule has 1 amide bonds. The van der Waals surface area contributed by atoms with Crippen LogP contribution in [-0.2, 0) is 14.3 Å². The lowest BCUT2D eigenvalue weighted by Crippen LogP contribution is -2.45. The number of aliphatic hydroxyl groups is 2. The summed E-state index contributed by atoms with van der Waals surface area (Å²) in [5.41, 5.74) is 0. The maximum atomic E-state index is 12.5. The standard InChI is InChI=1S/C61H119NO5/c1-3-5-7-9-11-13-15-17-19-21-22-23-24-25-26-27-29-33-37-41-45-49-53-59(64)58(57-63)62-60(65)54-50-46-42-38-34-31-32-36-40-44-48-52-56-67-61(66)55-51-47-43-39-35-30-28-20-18-16-14-12-10-8-6-4-2/h32,36,58-59,63-64H,3-31,33-35,37-57H2,1-2H3,(H,62,65)/b36-32-. The van der Waals surface area contributed by atoms with E-state index in [1.807, 2.05) is 0 Å². The Balaban J connectivity index is 3.47. The number of aliphatic hydroxyl groups excluding tert-OH is 2. The molecule has 0 radical (unpaired) electrons. The number of rotatable bonds is 57. The van der Waals surface area contributed by atoms with Crippen LogP contribution in [0.25, 0.3) is 0 Å². The molecule has 2 unspecified atom stereocenters. The Morgan fingerprint density at radius 2 is 0.701 bits per heavy atom. The molecule has 0 saturated carbocycles. The van der Waals surface area contributed by atoms with E-state index in [9.17, 15) is 19.8 Å². The molecule has 398 valence electrons. The van der Waals surface area contributed by atoms with E-state index in [1.54, 1.807) is 0 Å². The second-order valence-electron chi connectivity index (χ2n) is 21.0. The molecule has 2 atom stereocenters. The van der Waals surface area contributed by atoms with Crippen molar-refractivity contribution in [3.05, 3.63) is 12.2 Å². The number of hydrogen-bond acceptors (Lipinski definition) is 5. The summed E-state index contributed by atoms with van der Waals surface area (Å²) in [6, 6.07) is -0.560. The third-order valence-electron chi connectivity index (χ3n) is 14.3. The predicted octanol–water partition coefficient (Wildman–Crippen LogP) is 18.9. The van der Waals surface area contributed by atoms with E-state index < -0.39 is 12.1 Å². The highest BCUT2D eigenvalue weighted by atomic mass is 16.5. The largest absolute Gasteiger partial charge is 0.466 e. The lowest BCUT2D eigenvalue weighted by Gasteiger charge is -2.22. The number of esters is 1. The van der Waals surface area contributed by atoms with Crippen LogP contribution in [0, 0.1) is 0 Å². The van der Waals surface area contributed by atoms with Gasteiger partial charge in [-0.05, 0) is 57.8 Å². The van der Waals surface area contributed by atoms with E-state index >= 15 is 0 Å². The summed E-state index contributed by atoms with van der Waals surface area (Å²) in [6.07, 6.45) is 67.8. The van der Waals surface area contributed by atoms with E-state index in [-0.39, 0.29) is 18.5 Å². The van der Waals surface area contributed by atoms with Gasteiger partial charge in [0.05, 0.1) is 25.4 Å². The zero-order valence-corrected chi connectivity index (χ0v) is 45.4. The number of unbranched alkanes of at least 4 members (excludes halogenated alkanes) is 44. The minimum absolute atomic E-state index is 0.0181. The van der Waals surface area contributed by atoms with Gasteiger partial charge in [0.25, 0.3) is 0 Å².